The molecule has 0 nitrogen and oxygen atoms in total. The molecule has 0 fully saturated rings. The van der Waals surface area contributed by atoms with Crippen LogP contribution in [0.2, 0.25) is 0 Å². The third-order valence-corrected chi connectivity index (χ3v) is 29.3. The Kier molecular flexibility index (Phi) is 11.4. The summed E-state index contributed by atoms with van der Waals surface area (Å²) in [6.07, 6.45) is 0. The van der Waals surface area contributed by atoms with Crippen molar-refractivity contribution in [1.82, 2.24) is 0 Å². The molecule has 1 aliphatic carbocycles. The lowest BCUT2D eigenvalue weighted by Gasteiger charge is -2.36. The zero-order chi connectivity index (χ0) is 52.7. The molecule has 0 unspecified atom stereocenters. The molecule has 0 amide bonds. The Bertz CT molecular complexity index is 4260. The molecule has 12 aromatic carbocycles. The van der Waals surface area contributed by atoms with E-state index >= 15 is 0 Å². The molecular formula is C75H54S2Si2. The minimum atomic E-state index is -3.00. The molecule has 79 heavy (non-hydrogen) atoms. The van der Waals surface area contributed by atoms with Gasteiger partial charge in [-0.05, 0) is 98.1 Å². The molecule has 4 heteroatoms. The highest BCUT2D eigenvalue weighted by atomic mass is 32.1. The number of benzene rings is 12. The van der Waals surface area contributed by atoms with E-state index in [1.807, 2.05) is 22.7 Å². The van der Waals surface area contributed by atoms with Crippen molar-refractivity contribution < 1.29 is 0 Å². The van der Waals surface area contributed by atoms with E-state index in [0.29, 0.717) is 0 Å². The number of hydrogen-bond donors (Lipinski definition) is 0. The second-order valence-electron chi connectivity index (χ2n) is 21.8. The van der Waals surface area contributed by atoms with Crippen LogP contribution >= 0.6 is 22.7 Å². The summed E-state index contributed by atoms with van der Waals surface area (Å²) < 4.78 is 5.33. The van der Waals surface area contributed by atoms with E-state index in [0.717, 1.165) is 0 Å². The quantitative estimate of drug-likeness (QED) is 0.0946. The van der Waals surface area contributed by atoms with Gasteiger partial charge >= 0.3 is 0 Å². The number of fused-ring (bicyclic) bond motifs is 9. The van der Waals surface area contributed by atoms with Crippen LogP contribution < -0.4 is 41.5 Å². The summed E-state index contributed by atoms with van der Waals surface area (Å²) in [5, 5.41) is 16.3. The average molecular weight is 1080 g/mol. The molecule has 0 N–H and O–H groups in total. The summed E-state index contributed by atoms with van der Waals surface area (Å²) in [4.78, 5) is 0. The molecule has 0 atom stereocenters. The van der Waals surface area contributed by atoms with Crippen LogP contribution in [0.4, 0.5) is 0 Å². The van der Waals surface area contributed by atoms with Crippen LogP contribution in [0, 0.1) is 0 Å². The second kappa shape index (κ2) is 18.9. The van der Waals surface area contributed by atoms with Gasteiger partial charge in [0.2, 0.25) is 0 Å². The standard InChI is InChI=1S/C75H54S2Si2/c1-75(2)69-49-59(78(53-25-7-3-8-26-53,54-27-9-4-10-28-54)57-33-19-23-51(47-57)61-37-21-39-67-65-35-15-17-41-71(65)76-73(61)67)43-45-63(69)64-46-44-60(50-70(64)75)79(55-29-11-5-12-30-55,56-31-13-6-14-32-56)58-34-20-24-52(48-58)62-38-22-40-68-66-36-16-18-42-72(66)77-74(62)68/h3-50H,1-2H3. The summed E-state index contributed by atoms with van der Waals surface area (Å²) in [5.74, 6) is 0. The molecule has 0 saturated heterocycles. The van der Waals surface area contributed by atoms with Gasteiger partial charge in [0.25, 0.3) is 0 Å². The van der Waals surface area contributed by atoms with E-state index in [1.165, 1.54) is 126 Å². The number of rotatable bonds is 10. The van der Waals surface area contributed by atoms with Gasteiger partial charge in [0.15, 0.2) is 16.1 Å². The van der Waals surface area contributed by atoms with E-state index in [-0.39, 0.29) is 5.41 Å². The first kappa shape index (κ1) is 47.7. The number of hydrogen-bond acceptors (Lipinski definition) is 2. The van der Waals surface area contributed by atoms with Gasteiger partial charge in [0, 0.05) is 45.8 Å². The van der Waals surface area contributed by atoms with Gasteiger partial charge in [-0.3, -0.25) is 0 Å². The van der Waals surface area contributed by atoms with Crippen LogP contribution in [0.5, 0.6) is 0 Å². The molecule has 0 saturated carbocycles. The first-order valence-electron chi connectivity index (χ1n) is 27.5. The third-order valence-electron chi connectivity index (χ3n) is 17.4. The fourth-order valence-electron chi connectivity index (χ4n) is 13.7. The van der Waals surface area contributed by atoms with Gasteiger partial charge in [-0.25, -0.2) is 0 Å². The van der Waals surface area contributed by atoms with Crippen molar-refractivity contribution in [3.05, 3.63) is 302 Å². The molecule has 14 aromatic rings. The fourth-order valence-corrected chi connectivity index (χ4v) is 25.8. The van der Waals surface area contributed by atoms with Gasteiger partial charge in [-0.1, -0.05) is 293 Å². The SMILES string of the molecule is CC1(C)c2cc([Si](c3ccccc3)(c3ccccc3)c3cccc(-c4cccc5c4sc4ccccc45)c3)ccc2-c2ccc([Si](c3ccccc3)(c3ccccc3)c3cccc(-c4cccc5c4sc4ccccc45)c3)cc21. The van der Waals surface area contributed by atoms with E-state index in [1.54, 1.807) is 0 Å². The Morgan fingerprint density at radius 3 is 0.962 bits per heavy atom. The van der Waals surface area contributed by atoms with Crippen LogP contribution in [0.15, 0.2) is 291 Å². The van der Waals surface area contributed by atoms with Crippen LogP contribution in [0.25, 0.3) is 73.7 Å². The zero-order valence-corrected chi connectivity index (χ0v) is 47.7. The topological polar surface area (TPSA) is 0 Å². The summed E-state index contributed by atoms with van der Waals surface area (Å²) in [7, 11) is -5.99. The van der Waals surface area contributed by atoms with Gasteiger partial charge in [0.1, 0.15) is 0 Å². The van der Waals surface area contributed by atoms with E-state index in [2.05, 4.69) is 305 Å². The molecule has 2 heterocycles. The van der Waals surface area contributed by atoms with Crippen molar-refractivity contribution in [3.63, 3.8) is 0 Å². The minimum absolute atomic E-state index is 0.310. The van der Waals surface area contributed by atoms with Crippen molar-refractivity contribution in [2.24, 2.45) is 0 Å². The van der Waals surface area contributed by atoms with Crippen molar-refractivity contribution in [3.8, 4) is 33.4 Å². The highest BCUT2D eigenvalue weighted by molar-refractivity contribution is 7.27. The minimum Gasteiger partial charge on any atom is -0.135 e. The maximum atomic E-state index is 2.64. The monoisotopic (exact) mass is 1070 g/mol. The smallest absolute Gasteiger partial charge is 0.135 e. The third kappa shape index (κ3) is 7.36. The van der Waals surface area contributed by atoms with Gasteiger partial charge in [0.05, 0.1) is 0 Å². The summed E-state index contributed by atoms with van der Waals surface area (Å²) in [6, 6.07) is 112. The Hall–Kier alpha value is -8.49. The van der Waals surface area contributed by atoms with Crippen molar-refractivity contribution in [1.29, 1.82) is 0 Å². The molecule has 2 aromatic heterocycles. The first-order valence-corrected chi connectivity index (χ1v) is 33.1. The average Bonchev–Trinajstić information content (AvgIpc) is 4.20. The predicted octanol–water partition coefficient (Wildman–Crippen LogP) is 14.8. The van der Waals surface area contributed by atoms with E-state index in [4.69, 9.17) is 0 Å². The highest BCUT2D eigenvalue weighted by Crippen LogP contribution is 2.49. The van der Waals surface area contributed by atoms with Crippen molar-refractivity contribution >= 4 is 121 Å². The molecule has 0 spiro atoms. The van der Waals surface area contributed by atoms with Gasteiger partial charge in [-0.15, -0.1) is 22.7 Å². The van der Waals surface area contributed by atoms with E-state index in [9.17, 15) is 0 Å². The lowest BCUT2D eigenvalue weighted by Crippen LogP contribution is -2.74. The molecule has 374 valence electrons. The van der Waals surface area contributed by atoms with Crippen LogP contribution in [-0.4, -0.2) is 16.1 Å². The summed E-state index contributed by atoms with van der Waals surface area (Å²) in [6.45, 7) is 4.96. The first-order chi connectivity index (χ1) is 38.9. The highest BCUT2D eigenvalue weighted by Gasteiger charge is 2.46. The summed E-state index contributed by atoms with van der Waals surface area (Å²) in [5.41, 5.74) is 10.2. The van der Waals surface area contributed by atoms with Crippen LogP contribution in [0.1, 0.15) is 25.0 Å². The molecular weight excluding hydrogens is 1020 g/mol. The maximum absolute atomic E-state index is 3.00. The van der Waals surface area contributed by atoms with Crippen molar-refractivity contribution in [2.45, 2.75) is 19.3 Å². The molecule has 1 aliphatic rings. The Morgan fingerprint density at radius 1 is 0.253 bits per heavy atom. The lowest BCUT2D eigenvalue weighted by molar-refractivity contribution is 0.661. The van der Waals surface area contributed by atoms with Crippen LogP contribution in [-0.2, 0) is 5.41 Å². The molecule has 0 bridgehead atoms. The lowest BCUT2D eigenvalue weighted by atomic mass is 9.82. The van der Waals surface area contributed by atoms with Gasteiger partial charge < -0.3 is 0 Å². The Morgan fingerprint density at radius 2 is 0.570 bits per heavy atom. The Balaban J connectivity index is 0.919. The molecule has 0 aliphatic heterocycles. The summed E-state index contributed by atoms with van der Waals surface area (Å²) >= 11 is 3.81. The van der Waals surface area contributed by atoms with E-state index < -0.39 is 16.1 Å². The normalized spacial score (nSPS) is 13.0. The fraction of sp³-hybridized carbons (Fsp3) is 0.0400. The maximum Gasteiger partial charge on any atom is 0.179 e. The van der Waals surface area contributed by atoms with Crippen LogP contribution in [0.3, 0.4) is 0 Å². The zero-order valence-electron chi connectivity index (χ0n) is 44.0. The predicted molar refractivity (Wildman–Crippen MR) is 348 cm³/mol. The largest absolute Gasteiger partial charge is 0.179 e. The second-order valence-corrected chi connectivity index (χ2v) is 31.6. The Labute approximate surface area is 472 Å². The van der Waals surface area contributed by atoms with Crippen molar-refractivity contribution in [2.75, 3.05) is 0 Å². The van der Waals surface area contributed by atoms with Gasteiger partial charge in [-0.2, -0.15) is 0 Å². The number of thiophene rings is 2. The molecule has 0 radical (unpaired) electrons. The molecule has 15 rings (SSSR count).